The molecule has 0 aliphatic rings. The zero-order valence-corrected chi connectivity index (χ0v) is 12.1. The molecular formula is C14H10ClF4NS. The molecular weight excluding hydrogens is 326 g/mol. The molecule has 2 aromatic carbocycles. The van der Waals surface area contributed by atoms with E-state index in [0.717, 1.165) is 6.07 Å². The van der Waals surface area contributed by atoms with Crippen molar-refractivity contribution in [2.75, 3.05) is 5.32 Å². The molecule has 2 rings (SSSR count). The van der Waals surface area contributed by atoms with Gasteiger partial charge in [0.2, 0.25) is 0 Å². The van der Waals surface area contributed by atoms with Gasteiger partial charge in [0.05, 0.1) is 0 Å². The second-order valence-corrected chi connectivity index (χ2v) is 5.68. The normalized spacial score (nSPS) is 11.5. The van der Waals surface area contributed by atoms with E-state index in [-0.39, 0.29) is 28.2 Å². The topological polar surface area (TPSA) is 12.0 Å². The second-order valence-electron chi connectivity index (χ2n) is 4.13. The Labute approximate surface area is 128 Å². The number of alkyl halides is 3. The molecule has 0 fully saturated rings. The standard InChI is InChI=1S/C14H10ClF4NS/c15-10-6-5-9(11(16)7-10)8-20-12-3-1-2-4-13(12)21-14(17,18)19/h1-7,20H,8H2. The van der Waals surface area contributed by atoms with Crippen LogP contribution >= 0.6 is 23.4 Å². The fraction of sp³-hybridized carbons (Fsp3) is 0.143. The molecule has 0 aromatic heterocycles. The zero-order chi connectivity index (χ0) is 15.5. The molecule has 0 bridgehead atoms. The fourth-order valence-corrected chi connectivity index (χ4v) is 2.49. The molecule has 1 nitrogen and oxygen atoms in total. The van der Waals surface area contributed by atoms with Gasteiger partial charge in [-0.25, -0.2) is 4.39 Å². The first kappa shape index (κ1) is 16.0. The van der Waals surface area contributed by atoms with Gasteiger partial charge in [-0.05, 0) is 36.0 Å². The van der Waals surface area contributed by atoms with Crippen molar-refractivity contribution >= 4 is 29.1 Å². The average Bonchev–Trinajstić information content (AvgIpc) is 2.37. The van der Waals surface area contributed by atoms with Gasteiger partial charge < -0.3 is 5.32 Å². The molecule has 7 heteroatoms. The number of rotatable bonds is 4. The molecule has 0 unspecified atom stereocenters. The molecule has 0 radical (unpaired) electrons. The predicted molar refractivity (Wildman–Crippen MR) is 77.1 cm³/mol. The van der Waals surface area contributed by atoms with Crippen molar-refractivity contribution in [1.29, 1.82) is 0 Å². The monoisotopic (exact) mass is 335 g/mol. The molecule has 0 spiro atoms. The summed E-state index contributed by atoms with van der Waals surface area (Å²) in [5.41, 5.74) is -3.75. The predicted octanol–water partition coefficient (Wildman–Crippen LogP) is 5.70. The third-order valence-electron chi connectivity index (χ3n) is 2.60. The molecule has 0 saturated heterocycles. The van der Waals surface area contributed by atoms with Crippen molar-refractivity contribution in [3.8, 4) is 0 Å². The maximum Gasteiger partial charge on any atom is 0.446 e. The van der Waals surface area contributed by atoms with Crippen LogP contribution in [0.15, 0.2) is 47.4 Å². The Kier molecular flexibility index (Phi) is 5.00. The van der Waals surface area contributed by atoms with Crippen molar-refractivity contribution in [2.24, 2.45) is 0 Å². The molecule has 0 aliphatic carbocycles. The van der Waals surface area contributed by atoms with E-state index < -0.39 is 11.3 Å². The van der Waals surface area contributed by atoms with E-state index in [9.17, 15) is 17.6 Å². The first-order valence-electron chi connectivity index (χ1n) is 5.88. The van der Waals surface area contributed by atoms with Crippen LogP contribution in [0.3, 0.4) is 0 Å². The molecule has 0 aliphatic heterocycles. The quantitative estimate of drug-likeness (QED) is 0.568. The van der Waals surface area contributed by atoms with Crippen LogP contribution in [0.25, 0.3) is 0 Å². The minimum atomic E-state index is -4.37. The second kappa shape index (κ2) is 6.58. The Hall–Kier alpha value is -1.40. The van der Waals surface area contributed by atoms with Crippen LogP contribution in [0.1, 0.15) is 5.56 Å². The third-order valence-corrected chi connectivity index (χ3v) is 3.64. The number of nitrogens with one attached hydrogen (secondary N) is 1. The Morgan fingerprint density at radius 2 is 1.81 bits per heavy atom. The lowest BCUT2D eigenvalue weighted by molar-refractivity contribution is -0.0327. The van der Waals surface area contributed by atoms with Crippen LogP contribution in [0.5, 0.6) is 0 Å². The summed E-state index contributed by atoms with van der Waals surface area (Å²) in [5.74, 6) is -0.504. The summed E-state index contributed by atoms with van der Waals surface area (Å²) in [6.45, 7) is 0.0679. The largest absolute Gasteiger partial charge is 0.446 e. The lowest BCUT2D eigenvalue weighted by Crippen LogP contribution is -2.05. The molecule has 21 heavy (non-hydrogen) atoms. The minimum Gasteiger partial charge on any atom is -0.380 e. The number of thioether (sulfide) groups is 1. The maximum absolute atomic E-state index is 13.6. The van der Waals surface area contributed by atoms with Crippen molar-refractivity contribution in [2.45, 2.75) is 16.9 Å². The van der Waals surface area contributed by atoms with Gasteiger partial charge >= 0.3 is 5.51 Å². The summed E-state index contributed by atoms with van der Waals surface area (Å²) in [5, 5.41) is 3.08. The van der Waals surface area contributed by atoms with Gasteiger partial charge in [0, 0.05) is 27.7 Å². The molecule has 0 heterocycles. The number of anilines is 1. The van der Waals surface area contributed by atoms with Crippen LogP contribution in [0, 0.1) is 5.82 Å². The summed E-state index contributed by atoms with van der Waals surface area (Å²) in [6.07, 6.45) is 0. The van der Waals surface area contributed by atoms with Crippen LogP contribution in [0.2, 0.25) is 5.02 Å². The Balaban J connectivity index is 2.13. The molecule has 0 saturated carbocycles. The lowest BCUT2D eigenvalue weighted by Gasteiger charge is -2.13. The summed E-state index contributed by atoms with van der Waals surface area (Å²) in [6, 6.07) is 10.2. The van der Waals surface area contributed by atoms with Gasteiger partial charge in [0.15, 0.2) is 0 Å². The van der Waals surface area contributed by atoms with E-state index in [1.165, 1.54) is 30.3 Å². The van der Waals surface area contributed by atoms with Gasteiger partial charge in [0.1, 0.15) is 5.82 Å². The van der Waals surface area contributed by atoms with E-state index in [4.69, 9.17) is 11.6 Å². The number of hydrogen-bond acceptors (Lipinski definition) is 2. The highest BCUT2D eigenvalue weighted by Crippen LogP contribution is 2.40. The Morgan fingerprint density at radius 3 is 2.48 bits per heavy atom. The van der Waals surface area contributed by atoms with E-state index in [1.54, 1.807) is 6.07 Å². The van der Waals surface area contributed by atoms with Crippen LogP contribution in [0.4, 0.5) is 23.2 Å². The van der Waals surface area contributed by atoms with E-state index in [1.807, 2.05) is 0 Å². The first-order chi connectivity index (χ1) is 9.85. The third kappa shape index (κ3) is 4.82. The fourth-order valence-electron chi connectivity index (χ4n) is 1.68. The number of para-hydroxylation sites is 1. The number of halogens is 5. The molecule has 0 amide bonds. The van der Waals surface area contributed by atoms with Crippen LogP contribution in [-0.4, -0.2) is 5.51 Å². The highest BCUT2D eigenvalue weighted by atomic mass is 35.5. The summed E-state index contributed by atoms with van der Waals surface area (Å²) < 4.78 is 51.0. The number of benzene rings is 2. The summed E-state index contributed by atoms with van der Waals surface area (Å²) in [4.78, 5) is 0.0411. The smallest absolute Gasteiger partial charge is 0.380 e. The van der Waals surface area contributed by atoms with E-state index in [0.29, 0.717) is 11.3 Å². The highest BCUT2D eigenvalue weighted by Gasteiger charge is 2.30. The SMILES string of the molecule is Fc1cc(Cl)ccc1CNc1ccccc1SC(F)(F)F. The number of hydrogen-bond donors (Lipinski definition) is 1. The minimum absolute atomic E-state index is 0.0411. The van der Waals surface area contributed by atoms with Crippen LogP contribution < -0.4 is 5.32 Å². The van der Waals surface area contributed by atoms with Gasteiger partial charge in [0.25, 0.3) is 0 Å². The average molecular weight is 336 g/mol. The van der Waals surface area contributed by atoms with Crippen molar-refractivity contribution in [3.05, 3.63) is 58.9 Å². The lowest BCUT2D eigenvalue weighted by atomic mass is 10.2. The molecule has 112 valence electrons. The van der Waals surface area contributed by atoms with Crippen molar-refractivity contribution in [1.82, 2.24) is 0 Å². The Bertz CT molecular complexity index is 631. The van der Waals surface area contributed by atoms with E-state index in [2.05, 4.69) is 5.32 Å². The Morgan fingerprint density at radius 1 is 1.10 bits per heavy atom. The van der Waals surface area contributed by atoms with E-state index >= 15 is 0 Å². The maximum atomic E-state index is 13.6. The molecule has 1 N–H and O–H groups in total. The van der Waals surface area contributed by atoms with Crippen molar-refractivity contribution in [3.63, 3.8) is 0 Å². The highest BCUT2D eigenvalue weighted by molar-refractivity contribution is 8.00. The summed E-state index contributed by atoms with van der Waals surface area (Å²) in [7, 11) is 0. The molecule has 0 atom stereocenters. The van der Waals surface area contributed by atoms with Gasteiger partial charge in [-0.3, -0.25) is 0 Å². The first-order valence-corrected chi connectivity index (χ1v) is 7.07. The zero-order valence-electron chi connectivity index (χ0n) is 10.5. The van der Waals surface area contributed by atoms with Gasteiger partial charge in [-0.15, -0.1) is 0 Å². The van der Waals surface area contributed by atoms with Gasteiger partial charge in [-0.1, -0.05) is 29.8 Å². The molecule has 2 aromatic rings. The summed E-state index contributed by atoms with van der Waals surface area (Å²) >= 11 is 5.44. The van der Waals surface area contributed by atoms with Gasteiger partial charge in [-0.2, -0.15) is 13.2 Å². The van der Waals surface area contributed by atoms with Crippen LogP contribution in [-0.2, 0) is 6.54 Å². The van der Waals surface area contributed by atoms with Crippen molar-refractivity contribution < 1.29 is 17.6 Å².